The fourth-order valence-corrected chi connectivity index (χ4v) is 4.26. The number of hydrogen-bond acceptors (Lipinski definition) is 5. The van der Waals surface area contributed by atoms with Gasteiger partial charge in [-0.05, 0) is 38.1 Å². The highest BCUT2D eigenvalue weighted by molar-refractivity contribution is 6.00. The Kier molecular flexibility index (Phi) is 6.96. The first kappa shape index (κ1) is 25.5. The molecular weight excluding hydrogens is 494 g/mol. The summed E-state index contributed by atoms with van der Waals surface area (Å²) in [5.41, 5.74) is 3.11. The molecule has 0 aliphatic carbocycles. The quantitative estimate of drug-likeness (QED) is 0.318. The lowest BCUT2D eigenvalue weighted by molar-refractivity contribution is -0.123. The topological polar surface area (TPSA) is 100 Å². The van der Waals surface area contributed by atoms with Crippen molar-refractivity contribution in [2.75, 3.05) is 5.32 Å². The van der Waals surface area contributed by atoms with Crippen LogP contribution in [-0.2, 0) is 16.6 Å². The van der Waals surface area contributed by atoms with Crippen LogP contribution in [0.1, 0.15) is 23.0 Å². The lowest BCUT2D eigenvalue weighted by Crippen LogP contribution is -2.32. The molecule has 5 aromatic rings. The SMILES string of the molecule is Cc1c(NC(=O)[C@@H](C)OC(=O)c2cn(-c3ccccc3)nc2-c2ccccc2)c(=O)n(-c2ccccc2)n1C. The van der Waals surface area contributed by atoms with Crippen LogP contribution in [-0.4, -0.2) is 37.1 Å². The van der Waals surface area contributed by atoms with Crippen LogP contribution in [0.3, 0.4) is 0 Å². The van der Waals surface area contributed by atoms with Gasteiger partial charge in [0.1, 0.15) is 16.9 Å². The third-order valence-corrected chi connectivity index (χ3v) is 6.46. The second kappa shape index (κ2) is 10.7. The van der Waals surface area contributed by atoms with Crippen molar-refractivity contribution in [3.05, 3.63) is 119 Å². The molecule has 1 atom stereocenters. The molecule has 0 radical (unpaired) electrons. The molecule has 1 amide bonds. The first-order valence-electron chi connectivity index (χ1n) is 12.4. The number of nitrogens with zero attached hydrogens (tertiary/aromatic N) is 4. The van der Waals surface area contributed by atoms with Crippen LogP contribution in [0.4, 0.5) is 5.69 Å². The summed E-state index contributed by atoms with van der Waals surface area (Å²) in [4.78, 5) is 39.5. The largest absolute Gasteiger partial charge is 0.449 e. The Balaban J connectivity index is 1.39. The zero-order valence-corrected chi connectivity index (χ0v) is 21.7. The number of amides is 1. The Hall–Kier alpha value is -5.18. The lowest BCUT2D eigenvalue weighted by Gasteiger charge is -2.13. The molecule has 1 N–H and O–H groups in total. The molecule has 0 bridgehead atoms. The van der Waals surface area contributed by atoms with Gasteiger partial charge in [0.25, 0.3) is 11.5 Å². The number of anilines is 1. The second-order valence-electron chi connectivity index (χ2n) is 9.01. The second-order valence-corrected chi connectivity index (χ2v) is 9.01. The van der Waals surface area contributed by atoms with Crippen LogP contribution in [0.25, 0.3) is 22.6 Å². The van der Waals surface area contributed by atoms with E-state index in [9.17, 15) is 14.4 Å². The Morgan fingerprint density at radius 3 is 2.05 bits per heavy atom. The van der Waals surface area contributed by atoms with Gasteiger partial charge in [-0.3, -0.25) is 14.3 Å². The van der Waals surface area contributed by atoms with Crippen molar-refractivity contribution in [2.24, 2.45) is 7.05 Å². The molecule has 5 rings (SSSR count). The van der Waals surface area contributed by atoms with Crippen LogP contribution in [0.2, 0.25) is 0 Å². The smallest absolute Gasteiger partial charge is 0.342 e. The summed E-state index contributed by atoms with van der Waals surface area (Å²) < 4.78 is 10.3. The molecule has 0 aliphatic rings. The van der Waals surface area contributed by atoms with Crippen molar-refractivity contribution >= 4 is 17.6 Å². The summed E-state index contributed by atoms with van der Waals surface area (Å²) in [6.07, 6.45) is 0.412. The monoisotopic (exact) mass is 521 g/mol. The van der Waals surface area contributed by atoms with E-state index >= 15 is 0 Å². The van der Waals surface area contributed by atoms with E-state index in [-0.39, 0.29) is 16.8 Å². The van der Waals surface area contributed by atoms with E-state index in [0.717, 1.165) is 11.3 Å². The normalized spacial score (nSPS) is 11.7. The molecule has 0 spiro atoms. The van der Waals surface area contributed by atoms with Crippen molar-refractivity contribution in [1.82, 2.24) is 19.1 Å². The molecule has 0 aliphatic heterocycles. The van der Waals surface area contributed by atoms with Gasteiger partial charge in [0, 0.05) is 18.8 Å². The molecule has 0 unspecified atom stereocenters. The minimum absolute atomic E-state index is 0.121. The third-order valence-electron chi connectivity index (χ3n) is 6.46. The third kappa shape index (κ3) is 5.02. The van der Waals surface area contributed by atoms with E-state index in [1.54, 1.807) is 41.7 Å². The molecule has 3 aromatic carbocycles. The summed E-state index contributed by atoms with van der Waals surface area (Å²) in [5.74, 6) is -1.32. The Labute approximate surface area is 224 Å². The summed E-state index contributed by atoms with van der Waals surface area (Å²) in [6, 6.07) is 27.8. The highest BCUT2D eigenvalue weighted by atomic mass is 16.5. The van der Waals surface area contributed by atoms with Crippen LogP contribution < -0.4 is 10.9 Å². The average Bonchev–Trinajstić information content (AvgIpc) is 3.50. The number of carbonyl (C=O) groups excluding carboxylic acids is 2. The van der Waals surface area contributed by atoms with Crippen LogP contribution in [0, 0.1) is 6.92 Å². The van der Waals surface area contributed by atoms with Crippen molar-refractivity contribution < 1.29 is 14.3 Å². The summed E-state index contributed by atoms with van der Waals surface area (Å²) in [5, 5.41) is 7.28. The molecular formula is C30H27N5O4. The number of aromatic nitrogens is 4. The van der Waals surface area contributed by atoms with E-state index in [2.05, 4.69) is 10.4 Å². The van der Waals surface area contributed by atoms with Gasteiger partial charge in [-0.1, -0.05) is 66.7 Å². The van der Waals surface area contributed by atoms with E-state index in [1.807, 2.05) is 78.9 Å². The predicted octanol–water partition coefficient (Wildman–Crippen LogP) is 4.52. The lowest BCUT2D eigenvalue weighted by atomic mass is 10.1. The molecule has 0 fully saturated rings. The van der Waals surface area contributed by atoms with Gasteiger partial charge in [0.05, 0.1) is 17.1 Å². The molecule has 2 aromatic heterocycles. The number of rotatable bonds is 7. The maximum absolute atomic E-state index is 13.3. The zero-order valence-electron chi connectivity index (χ0n) is 21.7. The molecule has 0 saturated carbocycles. The van der Waals surface area contributed by atoms with E-state index in [0.29, 0.717) is 17.1 Å². The number of carbonyl (C=O) groups is 2. The van der Waals surface area contributed by atoms with Crippen molar-refractivity contribution in [2.45, 2.75) is 20.0 Å². The van der Waals surface area contributed by atoms with Crippen molar-refractivity contribution in [3.63, 3.8) is 0 Å². The fourth-order valence-electron chi connectivity index (χ4n) is 4.26. The maximum Gasteiger partial charge on any atom is 0.342 e. The number of benzene rings is 3. The van der Waals surface area contributed by atoms with Crippen LogP contribution in [0.15, 0.2) is 102 Å². The average molecular weight is 522 g/mol. The minimum atomic E-state index is -1.18. The molecule has 9 nitrogen and oxygen atoms in total. The maximum atomic E-state index is 13.3. The van der Waals surface area contributed by atoms with Crippen molar-refractivity contribution in [3.8, 4) is 22.6 Å². The number of hydrogen-bond donors (Lipinski definition) is 1. The van der Waals surface area contributed by atoms with Gasteiger partial charge in [-0.2, -0.15) is 5.10 Å². The highest BCUT2D eigenvalue weighted by Crippen LogP contribution is 2.25. The molecule has 9 heteroatoms. The van der Waals surface area contributed by atoms with E-state index < -0.39 is 18.0 Å². The number of para-hydroxylation sites is 2. The zero-order chi connectivity index (χ0) is 27.5. The molecule has 39 heavy (non-hydrogen) atoms. The highest BCUT2D eigenvalue weighted by Gasteiger charge is 2.26. The number of esters is 1. The molecule has 2 heterocycles. The number of nitrogens with one attached hydrogen (secondary N) is 1. The standard InChI is InChI=1S/C30H27N5O4/c1-20-26(29(37)35(33(20)3)24-17-11-6-12-18-24)31-28(36)21(2)39-30(38)25-19-34(23-15-9-5-10-16-23)32-27(25)22-13-7-4-8-14-22/h4-19,21H,1-3H3,(H,31,36)/t21-/m1/s1. The van der Waals surface area contributed by atoms with Gasteiger partial charge in [0.2, 0.25) is 0 Å². The first-order chi connectivity index (χ1) is 18.8. The van der Waals surface area contributed by atoms with E-state index in [4.69, 9.17) is 4.74 Å². The predicted molar refractivity (Wildman–Crippen MR) is 148 cm³/mol. The fraction of sp³-hybridized carbons (Fsp3) is 0.133. The van der Waals surface area contributed by atoms with Gasteiger partial charge < -0.3 is 10.1 Å². The van der Waals surface area contributed by atoms with Gasteiger partial charge in [0.15, 0.2) is 6.10 Å². The van der Waals surface area contributed by atoms with Gasteiger partial charge >= 0.3 is 5.97 Å². The van der Waals surface area contributed by atoms with E-state index in [1.165, 1.54) is 11.6 Å². The van der Waals surface area contributed by atoms with Gasteiger partial charge in [-0.25, -0.2) is 14.2 Å². The summed E-state index contributed by atoms with van der Waals surface area (Å²) in [6.45, 7) is 3.20. The summed E-state index contributed by atoms with van der Waals surface area (Å²) in [7, 11) is 1.73. The number of ether oxygens (including phenoxy) is 1. The Morgan fingerprint density at radius 1 is 0.872 bits per heavy atom. The van der Waals surface area contributed by atoms with Gasteiger partial charge in [-0.15, -0.1) is 0 Å². The summed E-state index contributed by atoms with van der Waals surface area (Å²) >= 11 is 0. The van der Waals surface area contributed by atoms with Crippen LogP contribution >= 0.6 is 0 Å². The Morgan fingerprint density at radius 2 is 1.44 bits per heavy atom. The minimum Gasteiger partial charge on any atom is -0.449 e. The molecule has 0 saturated heterocycles. The van der Waals surface area contributed by atoms with Crippen LogP contribution in [0.5, 0.6) is 0 Å². The molecule has 196 valence electrons. The van der Waals surface area contributed by atoms with Crippen molar-refractivity contribution in [1.29, 1.82) is 0 Å². The first-order valence-corrected chi connectivity index (χ1v) is 12.4. The Bertz CT molecular complexity index is 1690.